The zero-order valence-corrected chi connectivity index (χ0v) is 28.4. The molecule has 2 rings (SSSR count). The number of hydrogen-bond donors (Lipinski definition) is 2. The number of benzene rings is 1. The van der Waals surface area contributed by atoms with Gasteiger partial charge in [0.25, 0.3) is 11.8 Å². The number of fused-ring (bicyclic) bond motifs is 1. The molecule has 0 aromatic heterocycles. The number of amides is 4. The summed E-state index contributed by atoms with van der Waals surface area (Å²) in [5.74, 6) is -0.906. The van der Waals surface area contributed by atoms with Crippen LogP contribution in [0.3, 0.4) is 0 Å². The molecule has 4 amide bonds. The Labute approximate surface area is 252 Å². The largest absolute Gasteiger partial charge is 0.444 e. The van der Waals surface area contributed by atoms with Crippen molar-refractivity contribution in [3.63, 3.8) is 0 Å². The maximum absolute atomic E-state index is 13.4. The van der Waals surface area contributed by atoms with E-state index in [9.17, 15) is 19.2 Å². The molecule has 10 nitrogen and oxygen atoms in total. The van der Waals surface area contributed by atoms with Crippen molar-refractivity contribution in [2.75, 3.05) is 13.1 Å². The first-order valence-corrected chi connectivity index (χ1v) is 16.9. The number of carbonyl (C=O) groups is 4. The molecule has 0 radical (unpaired) electrons. The second kappa shape index (κ2) is 13.6. The zero-order valence-electron chi connectivity index (χ0n) is 27.4. The molecule has 0 saturated carbocycles. The molecule has 0 aliphatic carbocycles. The van der Waals surface area contributed by atoms with E-state index in [1.807, 2.05) is 0 Å². The molecule has 0 spiro atoms. The topological polar surface area (TPSA) is 123 Å². The molecule has 1 unspecified atom stereocenters. The summed E-state index contributed by atoms with van der Waals surface area (Å²) in [6.07, 6.45) is -2.17. The Kier molecular flexibility index (Phi) is 11.4. The van der Waals surface area contributed by atoms with Crippen LogP contribution in [-0.4, -0.2) is 73.7 Å². The second-order valence-electron chi connectivity index (χ2n) is 13.9. The van der Waals surface area contributed by atoms with E-state index < -0.39 is 55.7 Å². The van der Waals surface area contributed by atoms with Gasteiger partial charge in [-0.3, -0.25) is 14.5 Å². The first-order valence-electron chi connectivity index (χ1n) is 14.8. The van der Waals surface area contributed by atoms with Crippen LogP contribution in [0.2, 0.25) is 16.6 Å². The first-order chi connectivity index (χ1) is 19.2. The summed E-state index contributed by atoms with van der Waals surface area (Å²) in [6, 6.07) is 5.72. The van der Waals surface area contributed by atoms with Gasteiger partial charge in [-0.2, -0.15) is 0 Å². The number of nitrogens with one attached hydrogen (secondary N) is 2. The minimum absolute atomic E-state index is 0.0283. The Morgan fingerprint density at radius 3 is 1.62 bits per heavy atom. The number of ether oxygens (including phenoxy) is 2. The van der Waals surface area contributed by atoms with E-state index in [1.54, 1.807) is 65.8 Å². The highest BCUT2D eigenvalue weighted by Crippen LogP contribution is 2.43. The van der Waals surface area contributed by atoms with E-state index in [-0.39, 0.29) is 29.7 Å². The number of hydrogen-bond acceptors (Lipinski definition) is 7. The second-order valence-corrected chi connectivity index (χ2v) is 19.3. The van der Waals surface area contributed by atoms with Crippen molar-refractivity contribution in [2.45, 2.75) is 123 Å². The van der Waals surface area contributed by atoms with Crippen LogP contribution < -0.4 is 10.6 Å². The van der Waals surface area contributed by atoms with Crippen molar-refractivity contribution < 1.29 is 33.1 Å². The molecular formula is C31H51N3O7Si. The van der Waals surface area contributed by atoms with Crippen molar-refractivity contribution in [1.82, 2.24) is 15.5 Å². The quantitative estimate of drug-likeness (QED) is 0.225. The van der Waals surface area contributed by atoms with Gasteiger partial charge in [0.2, 0.25) is 8.32 Å². The molecule has 2 N–H and O–H groups in total. The average Bonchev–Trinajstić information content (AvgIpc) is 3.06. The molecule has 11 heteroatoms. The lowest BCUT2D eigenvalue weighted by molar-refractivity contribution is 0.0336. The van der Waals surface area contributed by atoms with Crippen LogP contribution in [0.5, 0.6) is 0 Å². The zero-order chi connectivity index (χ0) is 32.2. The predicted octanol–water partition coefficient (Wildman–Crippen LogP) is 6.26. The van der Waals surface area contributed by atoms with Crippen LogP contribution in [0, 0.1) is 0 Å². The van der Waals surface area contributed by atoms with Crippen molar-refractivity contribution >= 4 is 32.3 Å². The molecular weight excluding hydrogens is 554 g/mol. The summed E-state index contributed by atoms with van der Waals surface area (Å²) in [5.41, 5.74) is -0.354. The Hall–Kier alpha value is -2.92. The lowest BCUT2D eigenvalue weighted by Gasteiger charge is -2.46. The number of rotatable bonds is 11. The van der Waals surface area contributed by atoms with Gasteiger partial charge in [-0.05, 0) is 70.3 Å². The molecule has 1 aliphatic rings. The number of alkyl carbamates (subject to hydrolysis) is 2. The summed E-state index contributed by atoms with van der Waals surface area (Å²) in [6.45, 7) is 23.1. The summed E-state index contributed by atoms with van der Waals surface area (Å²) >= 11 is 0. The summed E-state index contributed by atoms with van der Waals surface area (Å²) in [5, 5.41) is 5.68. The average molecular weight is 606 g/mol. The van der Waals surface area contributed by atoms with E-state index in [0.29, 0.717) is 11.1 Å². The van der Waals surface area contributed by atoms with Crippen LogP contribution in [0.25, 0.3) is 0 Å². The highest BCUT2D eigenvalue weighted by Gasteiger charge is 2.49. The molecule has 1 heterocycles. The van der Waals surface area contributed by atoms with Crippen LogP contribution in [0.1, 0.15) is 104 Å². The Bertz CT molecular complexity index is 1080. The third kappa shape index (κ3) is 8.79. The Morgan fingerprint density at radius 1 is 0.786 bits per heavy atom. The summed E-state index contributed by atoms with van der Waals surface area (Å²) < 4.78 is 18.1. The van der Waals surface area contributed by atoms with Crippen molar-refractivity contribution in [1.29, 1.82) is 0 Å². The van der Waals surface area contributed by atoms with Crippen molar-refractivity contribution in [3.8, 4) is 0 Å². The number of imide groups is 1. The normalized spacial score (nSPS) is 15.6. The fourth-order valence-corrected chi connectivity index (χ4v) is 11.3. The smallest absolute Gasteiger partial charge is 0.408 e. The van der Waals surface area contributed by atoms with E-state index in [2.05, 4.69) is 52.2 Å². The van der Waals surface area contributed by atoms with Gasteiger partial charge in [0, 0.05) is 6.54 Å². The van der Waals surface area contributed by atoms with Gasteiger partial charge in [-0.15, -0.1) is 0 Å². The van der Waals surface area contributed by atoms with E-state index in [4.69, 9.17) is 13.9 Å². The molecule has 0 fully saturated rings. The van der Waals surface area contributed by atoms with Gasteiger partial charge in [0.15, 0.2) is 0 Å². The van der Waals surface area contributed by atoms with Gasteiger partial charge in [-0.1, -0.05) is 53.7 Å². The van der Waals surface area contributed by atoms with E-state index >= 15 is 0 Å². The molecule has 2 atom stereocenters. The van der Waals surface area contributed by atoms with Crippen LogP contribution in [0.15, 0.2) is 24.3 Å². The highest BCUT2D eigenvalue weighted by molar-refractivity contribution is 6.77. The SMILES string of the molecule is CC(C)[Si](O[C@@H](CNC(=O)OC(C)(C)C)C(CN1C(=O)c2ccccc2C1=O)NC(=O)OC(C)(C)C)(C(C)C)C(C)C. The summed E-state index contributed by atoms with van der Waals surface area (Å²) in [4.78, 5) is 53.7. The lowest BCUT2D eigenvalue weighted by Crippen LogP contribution is -2.61. The minimum atomic E-state index is -2.60. The maximum Gasteiger partial charge on any atom is 0.408 e. The van der Waals surface area contributed by atoms with Crippen molar-refractivity contribution in [3.05, 3.63) is 35.4 Å². The summed E-state index contributed by atoms with van der Waals surface area (Å²) in [7, 11) is -2.60. The Morgan fingerprint density at radius 2 is 1.21 bits per heavy atom. The highest BCUT2D eigenvalue weighted by atomic mass is 28.4. The van der Waals surface area contributed by atoms with Crippen molar-refractivity contribution in [2.24, 2.45) is 0 Å². The number of nitrogens with zero attached hydrogens (tertiary/aromatic N) is 1. The van der Waals surface area contributed by atoms with Gasteiger partial charge < -0.3 is 24.5 Å². The molecule has 1 aromatic carbocycles. The number of carbonyl (C=O) groups excluding carboxylic acids is 4. The molecule has 236 valence electrons. The van der Waals surface area contributed by atoms with E-state index in [1.165, 1.54) is 0 Å². The maximum atomic E-state index is 13.4. The lowest BCUT2D eigenvalue weighted by atomic mass is 10.1. The fourth-order valence-electron chi connectivity index (χ4n) is 5.75. The first kappa shape index (κ1) is 35.3. The van der Waals surface area contributed by atoms with Gasteiger partial charge in [0.1, 0.15) is 11.2 Å². The third-order valence-electron chi connectivity index (χ3n) is 7.32. The van der Waals surface area contributed by atoms with Gasteiger partial charge in [0.05, 0.1) is 29.8 Å². The molecule has 1 aromatic rings. The molecule has 0 bridgehead atoms. The van der Waals surface area contributed by atoms with Gasteiger partial charge in [-0.25, -0.2) is 9.59 Å². The minimum Gasteiger partial charge on any atom is -0.444 e. The standard InChI is InChI=1S/C31H51N3O7Si/c1-19(2)42(20(3)4,21(5)6)41-25(17-32-28(37)39-30(7,8)9)24(33-29(38)40-31(10,11)12)18-34-26(35)22-15-13-14-16-23(22)27(34)36/h13-16,19-21,24-25H,17-18H2,1-12H3,(H,32,37)(H,33,38)/t24?,25-/m0/s1. The van der Waals surface area contributed by atoms with Gasteiger partial charge >= 0.3 is 12.2 Å². The van der Waals surface area contributed by atoms with Crippen LogP contribution in [-0.2, 0) is 13.9 Å². The fraction of sp³-hybridized carbons (Fsp3) is 0.677. The molecule has 1 aliphatic heterocycles. The van der Waals surface area contributed by atoms with Crippen LogP contribution in [0.4, 0.5) is 9.59 Å². The Balaban J connectivity index is 2.57. The third-order valence-corrected chi connectivity index (χ3v) is 13.4. The molecule has 0 saturated heterocycles. The monoisotopic (exact) mass is 605 g/mol. The van der Waals surface area contributed by atoms with E-state index in [0.717, 1.165) is 4.90 Å². The molecule has 42 heavy (non-hydrogen) atoms. The van der Waals surface area contributed by atoms with Crippen LogP contribution >= 0.6 is 0 Å². The predicted molar refractivity (Wildman–Crippen MR) is 165 cm³/mol.